The number of para-hydroxylation sites is 1. The average Bonchev–Trinajstić information content (AvgIpc) is 3.33. The van der Waals surface area contributed by atoms with Gasteiger partial charge in [0.15, 0.2) is 16.7 Å². The number of nitrogens with zero attached hydrogens (tertiary/aromatic N) is 2. The third kappa shape index (κ3) is 3.93. The summed E-state index contributed by atoms with van der Waals surface area (Å²) >= 11 is 1.60. The van der Waals surface area contributed by atoms with Crippen LogP contribution in [0.5, 0.6) is 5.75 Å². The molecule has 4 rings (SSSR count). The first-order valence-electron chi connectivity index (χ1n) is 8.37. The number of rotatable bonds is 5. The molecule has 2 heterocycles. The molecular formula is C20H18N4O2S. The van der Waals surface area contributed by atoms with E-state index in [0.717, 1.165) is 38.2 Å². The Morgan fingerprint density at radius 3 is 2.93 bits per heavy atom. The van der Waals surface area contributed by atoms with Gasteiger partial charge in [0, 0.05) is 11.8 Å². The van der Waals surface area contributed by atoms with Crippen molar-refractivity contribution in [1.82, 2.24) is 4.98 Å². The highest BCUT2D eigenvalue weighted by atomic mass is 32.1. The third-order valence-electron chi connectivity index (χ3n) is 3.91. The number of hydrogen-bond donors (Lipinski definition) is 2. The molecule has 0 aliphatic carbocycles. The first kappa shape index (κ1) is 17.1. The molecule has 0 saturated heterocycles. The Morgan fingerprint density at radius 2 is 2.07 bits per heavy atom. The summed E-state index contributed by atoms with van der Waals surface area (Å²) in [5.74, 6) is 2.51. The number of guanidine groups is 1. The van der Waals surface area contributed by atoms with Gasteiger partial charge >= 0.3 is 0 Å². The maximum Gasteiger partial charge on any atom is 0.193 e. The molecule has 0 amide bonds. The van der Waals surface area contributed by atoms with Crippen LogP contribution in [0.2, 0.25) is 0 Å². The molecule has 0 aliphatic rings. The minimum absolute atomic E-state index is 0.307. The minimum Gasteiger partial charge on any atom is -0.497 e. The van der Waals surface area contributed by atoms with E-state index in [4.69, 9.17) is 14.9 Å². The van der Waals surface area contributed by atoms with Crippen molar-refractivity contribution in [3.8, 4) is 16.5 Å². The second kappa shape index (κ2) is 7.51. The second-order valence-corrected chi connectivity index (χ2v) is 6.84. The molecular weight excluding hydrogens is 360 g/mol. The van der Waals surface area contributed by atoms with Gasteiger partial charge in [-0.3, -0.25) is 0 Å². The van der Waals surface area contributed by atoms with Crippen molar-refractivity contribution in [2.75, 3.05) is 12.4 Å². The lowest BCUT2D eigenvalue weighted by Crippen LogP contribution is -2.22. The molecule has 0 spiro atoms. The highest BCUT2D eigenvalue weighted by molar-refractivity contribution is 7.21. The van der Waals surface area contributed by atoms with Crippen LogP contribution in [0.1, 0.15) is 5.76 Å². The first-order valence-corrected chi connectivity index (χ1v) is 9.18. The maximum absolute atomic E-state index is 5.96. The Bertz CT molecular complexity index is 1070. The van der Waals surface area contributed by atoms with Crippen LogP contribution in [0.3, 0.4) is 0 Å². The van der Waals surface area contributed by atoms with Crippen molar-refractivity contribution < 1.29 is 9.15 Å². The van der Waals surface area contributed by atoms with E-state index in [1.165, 1.54) is 0 Å². The summed E-state index contributed by atoms with van der Waals surface area (Å²) in [6, 6.07) is 19.3. The molecule has 2 aromatic carbocycles. The van der Waals surface area contributed by atoms with E-state index in [2.05, 4.69) is 21.4 Å². The van der Waals surface area contributed by atoms with Gasteiger partial charge in [0.2, 0.25) is 0 Å². The predicted molar refractivity (Wildman–Crippen MR) is 109 cm³/mol. The van der Waals surface area contributed by atoms with Gasteiger partial charge in [-0.15, -0.1) is 11.3 Å². The summed E-state index contributed by atoms with van der Waals surface area (Å²) in [4.78, 5) is 8.93. The molecule has 6 nitrogen and oxygen atoms in total. The van der Waals surface area contributed by atoms with Crippen LogP contribution in [-0.4, -0.2) is 18.1 Å². The van der Waals surface area contributed by atoms with E-state index >= 15 is 0 Å². The molecule has 3 N–H and O–H groups in total. The molecule has 7 heteroatoms. The van der Waals surface area contributed by atoms with Crippen LogP contribution in [0, 0.1) is 0 Å². The quantitative estimate of drug-likeness (QED) is 0.395. The van der Waals surface area contributed by atoms with Gasteiger partial charge in [0.1, 0.15) is 18.1 Å². The van der Waals surface area contributed by atoms with Crippen LogP contribution in [0.15, 0.2) is 70.1 Å². The van der Waals surface area contributed by atoms with Crippen molar-refractivity contribution in [2.24, 2.45) is 10.7 Å². The summed E-state index contributed by atoms with van der Waals surface area (Å²) < 4.78 is 12.2. The Balaban J connectivity index is 1.44. The number of aliphatic imine (C=N–C) groups is 1. The number of methoxy groups -OCH3 is 1. The lowest BCUT2D eigenvalue weighted by molar-refractivity contribution is 0.415. The van der Waals surface area contributed by atoms with E-state index in [0.29, 0.717) is 12.5 Å². The molecule has 0 fully saturated rings. The normalized spacial score (nSPS) is 11.7. The number of anilines is 1. The molecule has 0 unspecified atom stereocenters. The standard InChI is InChI=1S/C20H18N4O2S/c1-25-14-6-4-5-13(11-14)23-20(21)22-12-15-9-10-17(26-15)19-24-16-7-2-3-8-18(16)27-19/h2-11H,12H2,1H3,(H3,21,22,23). The Labute approximate surface area is 160 Å². The number of aromatic nitrogens is 1. The number of ether oxygens (including phenoxy) is 1. The first-order chi connectivity index (χ1) is 13.2. The minimum atomic E-state index is 0.307. The van der Waals surface area contributed by atoms with Crippen LogP contribution in [0.4, 0.5) is 5.69 Å². The van der Waals surface area contributed by atoms with Gasteiger partial charge < -0.3 is 20.2 Å². The Kier molecular flexibility index (Phi) is 4.76. The zero-order valence-electron chi connectivity index (χ0n) is 14.7. The van der Waals surface area contributed by atoms with Gasteiger partial charge in [0.05, 0.1) is 17.3 Å². The fourth-order valence-electron chi connectivity index (χ4n) is 2.61. The highest BCUT2D eigenvalue weighted by Crippen LogP contribution is 2.31. The second-order valence-electron chi connectivity index (χ2n) is 5.81. The van der Waals surface area contributed by atoms with Crippen molar-refractivity contribution in [3.63, 3.8) is 0 Å². The summed E-state index contributed by atoms with van der Waals surface area (Å²) in [5.41, 5.74) is 7.74. The average molecular weight is 378 g/mol. The van der Waals surface area contributed by atoms with E-state index < -0.39 is 0 Å². The number of hydrogen-bond acceptors (Lipinski definition) is 5. The van der Waals surface area contributed by atoms with Gasteiger partial charge in [-0.05, 0) is 36.4 Å². The maximum atomic E-state index is 5.96. The lowest BCUT2D eigenvalue weighted by atomic mass is 10.3. The molecule has 0 aliphatic heterocycles. The zero-order chi connectivity index (χ0) is 18.6. The highest BCUT2D eigenvalue weighted by Gasteiger charge is 2.10. The number of fused-ring (bicyclic) bond motifs is 1. The monoisotopic (exact) mass is 378 g/mol. The van der Waals surface area contributed by atoms with E-state index in [9.17, 15) is 0 Å². The van der Waals surface area contributed by atoms with E-state index in [1.807, 2.05) is 54.6 Å². The zero-order valence-corrected chi connectivity index (χ0v) is 15.5. The Hall–Kier alpha value is -3.32. The van der Waals surface area contributed by atoms with Crippen LogP contribution in [-0.2, 0) is 6.54 Å². The van der Waals surface area contributed by atoms with Crippen molar-refractivity contribution in [3.05, 3.63) is 66.4 Å². The van der Waals surface area contributed by atoms with Gasteiger partial charge in [-0.2, -0.15) is 0 Å². The van der Waals surface area contributed by atoms with Crippen LogP contribution < -0.4 is 15.8 Å². The molecule has 4 aromatic rings. The fourth-order valence-corrected chi connectivity index (χ4v) is 3.53. The van der Waals surface area contributed by atoms with Crippen LogP contribution >= 0.6 is 11.3 Å². The topological polar surface area (TPSA) is 85.7 Å². The van der Waals surface area contributed by atoms with Gasteiger partial charge in [-0.1, -0.05) is 18.2 Å². The largest absolute Gasteiger partial charge is 0.497 e. The smallest absolute Gasteiger partial charge is 0.193 e. The molecule has 2 aromatic heterocycles. The van der Waals surface area contributed by atoms with E-state index in [-0.39, 0.29) is 0 Å². The molecule has 136 valence electrons. The summed E-state index contributed by atoms with van der Waals surface area (Å²) in [6.07, 6.45) is 0. The van der Waals surface area contributed by atoms with Gasteiger partial charge in [-0.25, -0.2) is 9.98 Å². The third-order valence-corrected chi connectivity index (χ3v) is 4.96. The molecule has 0 radical (unpaired) electrons. The summed E-state index contributed by atoms with van der Waals surface area (Å²) in [5, 5.41) is 3.89. The lowest BCUT2D eigenvalue weighted by Gasteiger charge is -2.06. The number of thiazole rings is 1. The van der Waals surface area contributed by atoms with Crippen molar-refractivity contribution in [2.45, 2.75) is 6.54 Å². The Morgan fingerprint density at radius 1 is 1.19 bits per heavy atom. The number of benzene rings is 2. The van der Waals surface area contributed by atoms with Gasteiger partial charge in [0.25, 0.3) is 0 Å². The predicted octanol–water partition coefficient (Wildman–Crippen LogP) is 4.49. The van der Waals surface area contributed by atoms with Crippen LogP contribution in [0.25, 0.3) is 21.0 Å². The number of nitrogens with two attached hydrogens (primary N) is 1. The summed E-state index contributed by atoms with van der Waals surface area (Å²) in [7, 11) is 1.62. The molecule has 27 heavy (non-hydrogen) atoms. The molecule has 0 atom stereocenters. The molecule has 0 bridgehead atoms. The summed E-state index contributed by atoms with van der Waals surface area (Å²) in [6.45, 7) is 0.341. The molecule has 0 saturated carbocycles. The number of furan rings is 1. The SMILES string of the molecule is COc1cccc(NC(N)=NCc2ccc(-c3nc4ccccc4s3)o2)c1. The number of nitrogens with one attached hydrogen (secondary N) is 1. The van der Waals surface area contributed by atoms with Crippen molar-refractivity contribution >= 4 is 33.2 Å². The van der Waals surface area contributed by atoms with E-state index in [1.54, 1.807) is 18.4 Å². The fraction of sp³-hybridized carbons (Fsp3) is 0.100. The van der Waals surface area contributed by atoms with Crippen molar-refractivity contribution in [1.29, 1.82) is 0 Å².